The van der Waals surface area contributed by atoms with Gasteiger partial charge in [0.15, 0.2) is 18.1 Å². The highest BCUT2D eigenvalue weighted by Gasteiger charge is 2.19. The second-order valence-electron chi connectivity index (χ2n) is 6.25. The highest BCUT2D eigenvalue weighted by Crippen LogP contribution is 2.32. The molecule has 1 fully saturated rings. The number of ether oxygens (including phenoxy) is 3. The predicted molar refractivity (Wildman–Crippen MR) is 87.1 cm³/mol. The number of amides is 1. The van der Waals surface area contributed by atoms with E-state index in [-0.39, 0.29) is 25.3 Å². The van der Waals surface area contributed by atoms with E-state index in [4.69, 9.17) is 14.2 Å². The van der Waals surface area contributed by atoms with E-state index >= 15 is 0 Å². The monoisotopic (exact) mass is 333 g/mol. The standard InChI is InChI=1S/C18H23NO5/c20-17(19-14-6-4-2-1-3-5-7-14)11-22-18(21)13-8-9-15-16(10-13)24-12-23-15/h8-10,14H,1-7,11-12H2,(H,19,20). The number of carbonyl (C=O) groups is 2. The minimum absolute atomic E-state index is 0.150. The van der Waals surface area contributed by atoms with Crippen molar-refractivity contribution < 1.29 is 23.8 Å². The summed E-state index contributed by atoms with van der Waals surface area (Å²) >= 11 is 0. The van der Waals surface area contributed by atoms with Crippen molar-refractivity contribution in [1.29, 1.82) is 0 Å². The number of hydrogen-bond acceptors (Lipinski definition) is 5. The van der Waals surface area contributed by atoms with Gasteiger partial charge in [-0.05, 0) is 31.0 Å². The third kappa shape index (κ3) is 4.40. The van der Waals surface area contributed by atoms with Crippen molar-refractivity contribution >= 4 is 11.9 Å². The molecule has 130 valence electrons. The molecule has 1 N–H and O–H groups in total. The quantitative estimate of drug-likeness (QED) is 0.858. The fraction of sp³-hybridized carbons (Fsp3) is 0.556. The number of hydrogen-bond donors (Lipinski definition) is 1. The maximum absolute atomic E-state index is 12.0. The van der Waals surface area contributed by atoms with Crippen molar-refractivity contribution in [3.8, 4) is 11.5 Å². The molecule has 0 bridgehead atoms. The molecule has 1 aromatic rings. The number of rotatable bonds is 4. The van der Waals surface area contributed by atoms with Gasteiger partial charge >= 0.3 is 5.97 Å². The van der Waals surface area contributed by atoms with E-state index in [2.05, 4.69) is 5.32 Å². The van der Waals surface area contributed by atoms with Gasteiger partial charge < -0.3 is 19.5 Å². The van der Waals surface area contributed by atoms with E-state index in [1.54, 1.807) is 18.2 Å². The highest BCUT2D eigenvalue weighted by atomic mass is 16.7. The fourth-order valence-corrected chi connectivity index (χ4v) is 3.11. The summed E-state index contributed by atoms with van der Waals surface area (Å²) in [6, 6.07) is 5.02. The number of nitrogens with one attached hydrogen (secondary N) is 1. The highest BCUT2D eigenvalue weighted by molar-refractivity contribution is 5.92. The van der Waals surface area contributed by atoms with E-state index < -0.39 is 5.97 Å². The van der Waals surface area contributed by atoms with Gasteiger partial charge in [-0.15, -0.1) is 0 Å². The number of esters is 1. The largest absolute Gasteiger partial charge is 0.454 e. The van der Waals surface area contributed by atoms with Gasteiger partial charge in [-0.25, -0.2) is 4.79 Å². The summed E-state index contributed by atoms with van der Waals surface area (Å²) < 4.78 is 15.5. The van der Waals surface area contributed by atoms with Crippen LogP contribution in [0.15, 0.2) is 18.2 Å². The van der Waals surface area contributed by atoms with Gasteiger partial charge in [-0.2, -0.15) is 0 Å². The summed E-state index contributed by atoms with van der Waals surface area (Å²) in [5.41, 5.74) is 0.345. The number of fused-ring (bicyclic) bond motifs is 1. The van der Waals surface area contributed by atoms with E-state index in [9.17, 15) is 9.59 Å². The maximum Gasteiger partial charge on any atom is 0.338 e. The molecule has 0 radical (unpaired) electrons. The molecule has 1 heterocycles. The van der Waals surface area contributed by atoms with Gasteiger partial charge in [-0.3, -0.25) is 4.79 Å². The van der Waals surface area contributed by atoms with Crippen molar-refractivity contribution in [3.63, 3.8) is 0 Å². The lowest BCUT2D eigenvalue weighted by Gasteiger charge is -2.20. The first-order chi connectivity index (χ1) is 11.7. The smallest absolute Gasteiger partial charge is 0.338 e. The lowest BCUT2D eigenvalue weighted by atomic mass is 9.97. The van der Waals surface area contributed by atoms with Crippen LogP contribution in [-0.4, -0.2) is 31.3 Å². The zero-order valence-corrected chi connectivity index (χ0v) is 13.7. The molecule has 0 unspecified atom stereocenters. The van der Waals surface area contributed by atoms with Gasteiger partial charge in [0.05, 0.1) is 5.56 Å². The molecule has 6 nitrogen and oxygen atoms in total. The topological polar surface area (TPSA) is 73.9 Å². The molecule has 0 spiro atoms. The molecule has 1 amide bonds. The molecular formula is C18H23NO5. The Hall–Kier alpha value is -2.24. The lowest BCUT2D eigenvalue weighted by Crippen LogP contribution is -2.38. The second kappa shape index (κ2) is 8.04. The first-order valence-electron chi connectivity index (χ1n) is 8.58. The van der Waals surface area contributed by atoms with Crippen LogP contribution in [0, 0.1) is 0 Å². The Morgan fingerprint density at radius 3 is 2.54 bits per heavy atom. The van der Waals surface area contributed by atoms with Crippen molar-refractivity contribution in [3.05, 3.63) is 23.8 Å². The van der Waals surface area contributed by atoms with Crippen LogP contribution in [-0.2, 0) is 9.53 Å². The van der Waals surface area contributed by atoms with E-state index in [0.29, 0.717) is 17.1 Å². The average molecular weight is 333 g/mol. The predicted octanol–water partition coefficient (Wildman–Crippen LogP) is 2.80. The van der Waals surface area contributed by atoms with E-state index in [0.717, 1.165) is 25.7 Å². The summed E-state index contributed by atoms with van der Waals surface area (Å²) in [7, 11) is 0. The van der Waals surface area contributed by atoms with Gasteiger partial charge in [0.25, 0.3) is 5.91 Å². The van der Waals surface area contributed by atoms with Crippen LogP contribution in [0.4, 0.5) is 0 Å². The SMILES string of the molecule is O=C(COC(=O)c1ccc2c(c1)OCO2)NC1CCCCCCC1. The third-order valence-corrected chi connectivity index (χ3v) is 4.41. The van der Waals surface area contributed by atoms with E-state index in [1.807, 2.05) is 0 Å². The molecule has 0 aromatic heterocycles. The Balaban J connectivity index is 1.46. The molecule has 24 heavy (non-hydrogen) atoms. The van der Waals surface area contributed by atoms with E-state index in [1.165, 1.54) is 19.3 Å². The van der Waals surface area contributed by atoms with Gasteiger partial charge in [0.2, 0.25) is 6.79 Å². The average Bonchev–Trinajstić information content (AvgIpc) is 3.02. The summed E-state index contributed by atoms with van der Waals surface area (Å²) in [5, 5.41) is 2.97. The summed E-state index contributed by atoms with van der Waals surface area (Å²) in [4.78, 5) is 24.0. The molecule has 1 saturated carbocycles. The van der Waals surface area contributed by atoms with Gasteiger partial charge in [-0.1, -0.05) is 32.1 Å². The zero-order chi connectivity index (χ0) is 16.8. The first-order valence-corrected chi connectivity index (χ1v) is 8.58. The summed E-state index contributed by atoms with van der Waals surface area (Å²) in [6.07, 6.45) is 8.03. The molecule has 3 rings (SSSR count). The maximum atomic E-state index is 12.0. The van der Waals surface area contributed by atoms with Gasteiger partial charge in [0.1, 0.15) is 0 Å². The number of benzene rings is 1. The molecule has 1 aliphatic heterocycles. The van der Waals surface area contributed by atoms with Crippen LogP contribution in [0.25, 0.3) is 0 Å². The summed E-state index contributed by atoms with van der Waals surface area (Å²) in [5.74, 6) is 0.341. The van der Waals surface area contributed by atoms with Crippen LogP contribution in [0.2, 0.25) is 0 Å². The second-order valence-corrected chi connectivity index (χ2v) is 6.25. The van der Waals surface area contributed by atoms with Crippen LogP contribution in [0.3, 0.4) is 0 Å². The Morgan fingerprint density at radius 2 is 1.75 bits per heavy atom. The molecular weight excluding hydrogens is 310 g/mol. The Bertz CT molecular complexity index is 593. The van der Waals surface area contributed by atoms with Crippen LogP contribution in [0.5, 0.6) is 11.5 Å². The number of carbonyl (C=O) groups excluding carboxylic acids is 2. The van der Waals surface area contributed by atoms with Crippen molar-refractivity contribution in [2.45, 2.75) is 51.0 Å². The normalized spacial score (nSPS) is 17.7. The lowest BCUT2D eigenvalue weighted by molar-refractivity contribution is -0.125. The molecule has 1 aromatic carbocycles. The van der Waals surface area contributed by atoms with Gasteiger partial charge in [0, 0.05) is 6.04 Å². The molecule has 2 aliphatic rings. The zero-order valence-electron chi connectivity index (χ0n) is 13.7. The van der Waals surface area contributed by atoms with Crippen LogP contribution >= 0.6 is 0 Å². The molecule has 0 atom stereocenters. The third-order valence-electron chi connectivity index (χ3n) is 4.41. The molecule has 6 heteroatoms. The first kappa shape index (κ1) is 16.6. The van der Waals surface area contributed by atoms with Crippen molar-refractivity contribution in [2.75, 3.05) is 13.4 Å². The Kier molecular flexibility index (Phi) is 5.56. The Labute approximate surface area is 141 Å². The summed E-state index contributed by atoms with van der Waals surface area (Å²) in [6.45, 7) is -0.110. The van der Waals surface area contributed by atoms with Crippen molar-refractivity contribution in [2.24, 2.45) is 0 Å². The molecule has 0 saturated heterocycles. The fourth-order valence-electron chi connectivity index (χ4n) is 3.11. The van der Waals surface area contributed by atoms with Crippen LogP contribution < -0.4 is 14.8 Å². The molecule has 1 aliphatic carbocycles. The van der Waals surface area contributed by atoms with Crippen molar-refractivity contribution in [1.82, 2.24) is 5.32 Å². The van der Waals surface area contributed by atoms with Crippen LogP contribution in [0.1, 0.15) is 55.3 Å². The Morgan fingerprint density at radius 1 is 1.04 bits per heavy atom. The minimum atomic E-state index is -0.541. The minimum Gasteiger partial charge on any atom is -0.454 e.